The first-order chi connectivity index (χ1) is 10.9. The minimum absolute atomic E-state index is 0.535. The van der Waals surface area contributed by atoms with Crippen molar-refractivity contribution in [3.05, 3.63) is 0 Å². The smallest absolute Gasteiger partial charge is 0.0354 e. The zero-order chi connectivity index (χ0) is 19.8. The Morgan fingerprint density at radius 3 is 1.00 bits per heavy atom. The fourth-order valence-corrected chi connectivity index (χ4v) is 4.51. The quantitative estimate of drug-likeness (QED) is 0.444. The van der Waals surface area contributed by atoms with E-state index in [1.54, 1.807) is 0 Å². The Kier molecular flexibility index (Phi) is 6.96. The molecule has 150 valence electrons. The molecular weight excluding hydrogens is 300 g/mol. The third kappa shape index (κ3) is 7.64. The fraction of sp³-hybridized carbons (Fsp3) is 1.00. The Morgan fingerprint density at radius 1 is 0.480 bits per heavy atom. The average Bonchev–Trinajstić information content (AvgIpc) is 2.13. The van der Waals surface area contributed by atoms with E-state index in [0.717, 1.165) is 23.7 Å². The van der Waals surface area contributed by atoms with Gasteiger partial charge in [-0.2, -0.15) is 0 Å². The van der Waals surface area contributed by atoms with Gasteiger partial charge < -0.3 is 0 Å². The summed E-state index contributed by atoms with van der Waals surface area (Å²) in [4.78, 5) is 0. The second-order valence-corrected chi connectivity index (χ2v) is 13.8. The van der Waals surface area contributed by atoms with E-state index in [4.69, 9.17) is 0 Å². The Morgan fingerprint density at radius 2 is 0.760 bits per heavy atom. The van der Waals surface area contributed by atoms with Gasteiger partial charge in [-0.25, -0.2) is 0 Å². The van der Waals surface area contributed by atoms with Crippen molar-refractivity contribution in [2.24, 2.45) is 45.3 Å². The van der Waals surface area contributed by atoms with Crippen LogP contribution in [0.15, 0.2) is 0 Å². The summed E-state index contributed by atoms with van der Waals surface area (Å²) < 4.78 is 0. The third-order valence-electron chi connectivity index (χ3n) is 6.95. The summed E-state index contributed by atoms with van der Waals surface area (Å²) in [6.07, 6.45) is 7.26. The fourth-order valence-electron chi connectivity index (χ4n) is 4.51. The normalized spacial score (nSPS) is 30.7. The summed E-state index contributed by atoms with van der Waals surface area (Å²) in [6, 6.07) is 0. The maximum Gasteiger partial charge on any atom is -0.0354 e. The van der Waals surface area contributed by atoms with Gasteiger partial charge >= 0.3 is 0 Å². The van der Waals surface area contributed by atoms with Gasteiger partial charge in [0, 0.05) is 0 Å². The molecule has 25 heavy (non-hydrogen) atoms. The van der Waals surface area contributed by atoms with Crippen LogP contribution in [-0.4, -0.2) is 0 Å². The van der Waals surface area contributed by atoms with Gasteiger partial charge in [-0.05, 0) is 77.4 Å². The van der Waals surface area contributed by atoms with E-state index >= 15 is 0 Å². The molecule has 2 aliphatic rings. The molecular formula is C25H50. The topological polar surface area (TPSA) is 0 Å². The maximum absolute atomic E-state index is 2.38. The van der Waals surface area contributed by atoms with Crippen LogP contribution in [-0.2, 0) is 0 Å². The Hall–Kier alpha value is 0. The van der Waals surface area contributed by atoms with Gasteiger partial charge in [0.1, 0.15) is 0 Å². The standard InChI is InChI=1S/C13H26.C12H24/c1-12(2,3)9-10-7-11(8-10)13(4,5)6;1-11(2,3)9-7-10(8-9)12(4,5)6/h10-11H,7-9H2,1-6H3;9-10H,7-8H2,1-6H3. The molecule has 2 fully saturated rings. The van der Waals surface area contributed by atoms with Crippen LogP contribution in [0.3, 0.4) is 0 Å². The van der Waals surface area contributed by atoms with Crippen LogP contribution >= 0.6 is 0 Å². The zero-order valence-electron chi connectivity index (χ0n) is 19.8. The van der Waals surface area contributed by atoms with Gasteiger partial charge in [0.15, 0.2) is 0 Å². The maximum atomic E-state index is 2.38. The molecule has 0 amide bonds. The number of hydrogen-bond donors (Lipinski definition) is 0. The Labute approximate surface area is 160 Å². The summed E-state index contributed by atoms with van der Waals surface area (Å²) in [6.45, 7) is 28.4. The number of hydrogen-bond acceptors (Lipinski definition) is 0. The predicted octanol–water partition coefficient (Wildman–Crippen LogP) is 8.60. The highest BCUT2D eigenvalue weighted by Crippen LogP contribution is 2.51. The molecule has 0 radical (unpaired) electrons. The van der Waals surface area contributed by atoms with Crippen LogP contribution in [0.5, 0.6) is 0 Å². The molecule has 0 atom stereocenters. The van der Waals surface area contributed by atoms with Gasteiger partial charge in [-0.15, -0.1) is 0 Å². The summed E-state index contributed by atoms with van der Waals surface area (Å²) >= 11 is 0. The first kappa shape index (κ1) is 23.0. The van der Waals surface area contributed by atoms with Crippen molar-refractivity contribution < 1.29 is 0 Å². The minimum Gasteiger partial charge on any atom is -0.0602 e. The van der Waals surface area contributed by atoms with Crippen LogP contribution in [0.2, 0.25) is 0 Å². The van der Waals surface area contributed by atoms with Gasteiger partial charge in [0.25, 0.3) is 0 Å². The van der Waals surface area contributed by atoms with Crippen molar-refractivity contribution in [1.82, 2.24) is 0 Å². The Balaban J connectivity index is 0.000000251. The van der Waals surface area contributed by atoms with Crippen LogP contribution in [0.4, 0.5) is 0 Å². The highest BCUT2D eigenvalue weighted by Gasteiger charge is 2.42. The monoisotopic (exact) mass is 350 g/mol. The lowest BCUT2D eigenvalue weighted by Crippen LogP contribution is -2.40. The summed E-state index contributed by atoms with van der Waals surface area (Å²) in [5.74, 6) is 3.95. The van der Waals surface area contributed by atoms with Crippen molar-refractivity contribution in [2.75, 3.05) is 0 Å². The largest absolute Gasteiger partial charge is 0.0602 e. The number of rotatable bonds is 1. The van der Waals surface area contributed by atoms with E-state index in [1.165, 1.54) is 32.1 Å². The van der Waals surface area contributed by atoms with Crippen LogP contribution in [0.1, 0.15) is 115 Å². The van der Waals surface area contributed by atoms with E-state index in [1.807, 2.05) is 0 Å². The molecule has 0 saturated heterocycles. The molecule has 2 saturated carbocycles. The molecule has 0 aromatic heterocycles. The molecule has 0 aliphatic heterocycles. The zero-order valence-corrected chi connectivity index (χ0v) is 19.8. The van der Waals surface area contributed by atoms with E-state index in [-0.39, 0.29) is 0 Å². The van der Waals surface area contributed by atoms with E-state index in [2.05, 4.69) is 83.1 Å². The van der Waals surface area contributed by atoms with Crippen molar-refractivity contribution in [3.63, 3.8) is 0 Å². The van der Waals surface area contributed by atoms with Crippen molar-refractivity contribution in [3.8, 4) is 0 Å². The third-order valence-corrected chi connectivity index (χ3v) is 6.95. The molecule has 0 nitrogen and oxygen atoms in total. The van der Waals surface area contributed by atoms with Crippen molar-refractivity contribution >= 4 is 0 Å². The highest BCUT2D eigenvalue weighted by molar-refractivity contribution is 4.92. The van der Waals surface area contributed by atoms with Gasteiger partial charge in [-0.3, -0.25) is 0 Å². The van der Waals surface area contributed by atoms with Gasteiger partial charge in [0.2, 0.25) is 0 Å². The highest BCUT2D eigenvalue weighted by atomic mass is 14.5. The second kappa shape index (κ2) is 7.55. The molecule has 0 aromatic carbocycles. The van der Waals surface area contributed by atoms with Gasteiger partial charge in [-0.1, -0.05) is 83.1 Å². The van der Waals surface area contributed by atoms with E-state index in [0.29, 0.717) is 21.7 Å². The molecule has 0 bridgehead atoms. The first-order valence-electron chi connectivity index (χ1n) is 10.9. The van der Waals surface area contributed by atoms with E-state index < -0.39 is 0 Å². The Bertz CT molecular complexity index is 371. The summed E-state index contributed by atoms with van der Waals surface area (Å²) in [5, 5.41) is 0. The van der Waals surface area contributed by atoms with Crippen LogP contribution in [0.25, 0.3) is 0 Å². The molecule has 0 unspecified atom stereocenters. The summed E-state index contributed by atoms with van der Waals surface area (Å²) in [5.41, 5.74) is 2.17. The van der Waals surface area contributed by atoms with Crippen LogP contribution < -0.4 is 0 Å². The lowest BCUT2D eigenvalue weighted by atomic mass is 9.56. The molecule has 0 heterocycles. The van der Waals surface area contributed by atoms with Crippen molar-refractivity contribution in [2.45, 2.75) is 115 Å². The predicted molar refractivity (Wildman–Crippen MR) is 115 cm³/mol. The lowest BCUT2D eigenvalue weighted by molar-refractivity contribution is 0.0110. The van der Waals surface area contributed by atoms with Gasteiger partial charge in [0.05, 0.1) is 0 Å². The van der Waals surface area contributed by atoms with Crippen LogP contribution in [0, 0.1) is 45.3 Å². The SMILES string of the molecule is CC(C)(C)C1CC(C(C)(C)C)C1.CC(C)(C)CC1CC(C(C)(C)C)C1. The molecule has 0 spiro atoms. The van der Waals surface area contributed by atoms with Crippen molar-refractivity contribution in [1.29, 1.82) is 0 Å². The lowest BCUT2D eigenvalue weighted by Gasteiger charge is -2.49. The average molecular weight is 351 g/mol. The second-order valence-electron chi connectivity index (χ2n) is 13.8. The minimum atomic E-state index is 0.535. The molecule has 0 aromatic rings. The molecule has 0 heteroatoms. The molecule has 0 N–H and O–H groups in total. The first-order valence-corrected chi connectivity index (χ1v) is 10.9. The molecule has 2 rings (SSSR count). The molecule has 2 aliphatic carbocycles. The van der Waals surface area contributed by atoms with E-state index in [9.17, 15) is 0 Å². The summed E-state index contributed by atoms with van der Waals surface area (Å²) in [7, 11) is 0.